The smallest absolute Gasteiger partial charge is 0.253 e. The fourth-order valence-electron chi connectivity index (χ4n) is 2.67. The van der Waals surface area contributed by atoms with Crippen molar-refractivity contribution in [3.05, 3.63) is 48.3 Å². The number of nitrogens with two attached hydrogens (primary N) is 1. The molecule has 1 aromatic carbocycles. The first kappa shape index (κ1) is 16.4. The Morgan fingerprint density at radius 2 is 2.29 bits per heavy atom. The van der Waals surface area contributed by atoms with Crippen molar-refractivity contribution in [3.63, 3.8) is 0 Å². The van der Waals surface area contributed by atoms with E-state index in [0.29, 0.717) is 18.7 Å². The van der Waals surface area contributed by atoms with E-state index in [1.165, 1.54) is 0 Å². The number of carbonyl (C=O) groups is 1. The van der Waals surface area contributed by atoms with Gasteiger partial charge in [-0.2, -0.15) is 0 Å². The van der Waals surface area contributed by atoms with E-state index in [1.807, 2.05) is 37.3 Å². The molecular weight excluding hydrogens is 306 g/mol. The lowest BCUT2D eigenvalue weighted by molar-refractivity contribution is -0.126. The number of benzene rings is 1. The van der Waals surface area contributed by atoms with Gasteiger partial charge in [-0.15, -0.1) is 0 Å². The minimum Gasteiger partial charge on any atom is -0.455 e. The van der Waals surface area contributed by atoms with Crippen molar-refractivity contribution >= 4 is 11.6 Å². The normalized spacial score (nSPS) is 19.9. The number of carbonyl (C=O) groups excluding carboxylic acids is 1. The number of aryl methyl sites for hydroxylation is 1. The Kier molecular flexibility index (Phi) is 5.08. The molecule has 0 spiro atoms. The first-order chi connectivity index (χ1) is 11.7. The summed E-state index contributed by atoms with van der Waals surface area (Å²) in [6.07, 6.45) is 4.43. The van der Waals surface area contributed by atoms with Gasteiger partial charge < -0.3 is 20.5 Å². The topological polar surface area (TPSA) is 86.5 Å². The number of nitrogens with zero attached hydrogens (tertiary/aromatic N) is 1. The largest absolute Gasteiger partial charge is 0.455 e. The van der Waals surface area contributed by atoms with Crippen LogP contribution in [0.15, 0.2) is 42.7 Å². The molecule has 0 bridgehead atoms. The molecule has 3 N–H and O–H groups in total. The Hall–Kier alpha value is -2.44. The van der Waals surface area contributed by atoms with Crippen LogP contribution in [0.4, 0.5) is 5.69 Å². The van der Waals surface area contributed by atoms with Crippen molar-refractivity contribution in [2.24, 2.45) is 5.73 Å². The minimum absolute atomic E-state index is 0.0160. The Balaban J connectivity index is 1.63. The third kappa shape index (κ3) is 3.90. The van der Waals surface area contributed by atoms with Crippen molar-refractivity contribution < 1.29 is 14.3 Å². The Morgan fingerprint density at radius 1 is 1.42 bits per heavy atom. The standard InChI is InChI=1S/C18H21N3O3/c1-12-9-13(21-18(22)17-7-5-14(10-19)23-17)4-6-16(12)24-15-3-2-8-20-11-15/h2-4,6,8-9,11,14,17H,5,7,10,19H2,1H3,(H,21,22)/t14-,17+/m1/s1. The highest BCUT2D eigenvalue weighted by Crippen LogP contribution is 2.27. The van der Waals surface area contributed by atoms with Gasteiger partial charge in [0.2, 0.25) is 0 Å². The summed E-state index contributed by atoms with van der Waals surface area (Å²) in [5.41, 5.74) is 7.21. The molecule has 2 heterocycles. The number of hydrogen-bond donors (Lipinski definition) is 2. The molecule has 2 atom stereocenters. The highest BCUT2D eigenvalue weighted by atomic mass is 16.5. The van der Waals surface area contributed by atoms with E-state index < -0.39 is 6.10 Å². The second-order valence-corrected chi connectivity index (χ2v) is 5.82. The van der Waals surface area contributed by atoms with Crippen LogP contribution in [0.3, 0.4) is 0 Å². The van der Waals surface area contributed by atoms with Gasteiger partial charge in [0.1, 0.15) is 17.6 Å². The zero-order valence-corrected chi connectivity index (χ0v) is 13.6. The van der Waals surface area contributed by atoms with Crippen LogP contribution in [-0.4, -0.2) is 29.6 Å². The van der Waals surface area contributed by atoms with Gasteiger partial charge in [-0.25, -0.2) is 0 Å². The molecule has 6 nitrogen and oxygen atoms in total. The second kappa shape index (κ2) is 7.42. The molecule has 0 unspecified atom stereocenters. The fraction of sp³-hybridized carbons (Fsp3) is 0.333. The lowest BCUT2D eigenvalue weighted by atomic mass is 10.1. The predicted molar refractivity (Wildman–Crippen MR) is 91.1 cm³/mol. The molecule has 1 saturated heterocycles. The quantitative estimate of drug-likeness (QED) is 0.881. The van der Waals surface area contributed by atoms with Crippen molar-refractivity contribution in [3.8, 4) is 11.5 Å². The van der Waals surface area contributed by atoms with E-state index in [2.05, 4.69) is 10.3 Å². The van der Waals surface area contributed by atoms with E-state index in [4.69, 9.17) is 15.2 Å². The van der Waals surface area contributed by atoms with Crippen LogP contribution >= 0.6 is 0 Å². The van der Waals surface area contributed by atoms with Crippen LogP contribution in [0.5, 0.6) is 11.5 Å². The van der Waals surface area contributed by atoms with Crippen molar-refractivity contribution in [2.45, 2.75) is 32.0 Å². The first-order valence-electron chi connectivity index (χ1n) is 8.00. The summed E-state index contributed by atoms with van der Waals surface area (Å²) in [6, 6.07) is 9.17. The average Bonchev–Trinajstić information content (AvgIpc) is 3.08. The van der Waals surface area contributed by atoms with Gasteiger partial charge >= 0.3 is 0 Å². The number of rotatable bonds is 5. The van der Waals surface area contributed by atoms with Crippen LogP contribution in [-0.2, 0) is 9.53 Å². The third-order valence-electron chi connectivity index (χ3n) is 3.97. The van der Waals surface area contributed by atoms with Crippen LogP contribution in [0, 0.1) is 6.92 Å². The lowest BCUT2D eigenvalue weighted by Crippen LogP contribution is -2.29. The maximum Gasteiger partial charge on any atom is 0.253 e. The van der Waals surface area contributed by atoms with Gasteiger partial charge in [0, 0.05) is 18.4 Å². The number of aromatic nitrogens is 1. The maximum atomic E-state index is 12.2. The molecule has 24 heavy (non-hydrogen) atoms. The molecule has 126 valence electrons. The average molecular weight is 327 g/mol. The predicted octanol–water partition coefficient (Wildman–Crippen LogP) is 2.63. The van der Waals surface area contributed by atoms with Crippen LogP contribution in [0.25, 0.3) is 0 Å². The summed E-state index contributed by atoms with van der Waals surface area (Å²) < 4.78 is 11.4. The number of anilines is 1. The van der Waals surface area contributed by atoms with Gasteiger partial charge in [0.15, 0.2) is 0 Å². The van der Waals surface area contributed by atoms with Gasteiger partial charge in [0.05, 0.1) is 12.3 Å². The van der Waals surface area contributed by atoms with Crippen molar-refractivity contribution in [1.82, 2.24) is 4.98 Å². The van der Waals surface area contributed by atoms with Crippen LogP contribution in [0.2, 0.25) is 0 Å². The van der Waals surface area contributed by atoms with Gasteiger partial charge in [-0.1, -0.05) is 0 Å². The number of pyridine rings is 1. The number of ether oxygens (including phenoxy) is 2. The zero-order chi connectivity index (χ0) is 16.9. The lowest BCUT2D eigenvalue weighted by Gasteiger charge is -2.14. The summed E-state index contributed by atoms with van der Waals surface area (Å²) in [4.78, 5) is 16.3. The Labute approximate surface area is 141 Å². The molecule has 2 aromatic rings. The number of amides is 1. The molecule has 3 rings (SSSR count). The molecule has 1 fully saturated rings. The van der Waals surface area contributed by atoms with E-state index in [1.54, 1.807) is 12.4 Å². The first-order valence-corrected chi connectivity index (χ1v) is 8.00. The van der Waals surface area contributed by atoms with Crippen LogP contribution < -0.4 is 15.8 Å². The van der Waals surface area contributed by atoms with E-state index in [0.717, 1.165) is 23.4 Å². The highest BCUT2D eigenvalue weighted by Gasteiger charge is 2.29. The van der Waals surface area contributed by atoms with E-state index in [-0.39, 0.29) is 12.0 Å². The molecule has 1 aliphatic rings. The summed E-state index contributed by atoms with van der Waals surface area (Å²) in [5.74, 6) is 1.26. The molecule has 1 aliphatic heterocycles. The summed E-state index contributed by atoms with van der Waals surface area (Å²) >= 11 is 0. The molecule has 1 aromatic heterocycles. The van der Waals surface area contributed by atoms with Crippen molar-refractivity contribution in [1.29, 1.82) is 0 Å². The van der Waals surface area contributed by atoms with E-state index >= 15 is 0 Å². The monoisotopic (exact) mass is 327 g/mol. The van der Waals surface area contributed by atoms with Gasteiger partial charge in [0.25, 0.3) is 5.91 Å². The summed E-state index contributed by atoms with van der Waals surface area (Å²) in [5, 5.41) is 2.89. The SMILES string of the molecule is Cc1cc(NC(=O)[C@@H]2CC[C@H](CN)O2)ccc1Oc1cccnc1. The van der Waals surface area contributed by atoms with Crippen molar-refractivity contribution in [2.75, 3.05) is 11.9 Å². The number of hydrogen-bond acceptors (Lipinski definition) is 5. The molecule has 0 aliphatic carbocycles. The molecule has 6 heteroatoms. The highest BCUT2D eigenvalue weighted by molar-refractivity contribution is 5.94. The summed E-state index contributed by atoms with van der Waals surface area (Å²) in [6.45, 7) is 2.38. The molecule has 0 saturated carbocycles. The number of nitrogens with one attached hydrogen (secondary N) is 1. The maximum absolute atomic E-state index is 12.2. The summed E-state index contributed by atoms with van der Waals surface area (Å²) in [7, 11) is 0. The zero-order valence-electron chi connectivity index (χ0n) is 13.6. The molecular formula is C18H21N3O3. The third-order valence-corrected chi connectivity index (χ3v) is 3.97. The second-order valence-electron chi connectivity index (χ2n) is 5.82. The fourth-order valence-corrected chi connectivity index (χ4v) is 2.67. The van der Waals surface area contributed by atoms with Crippen LogP contribution in [0.1, 0.15) is 18.4 Å². The molecule has 1 amide bonds. The Bertz CT molecular complexity index is 706. The molecule has 0 radical (unpaired) electrons. The van der Waals surface area contributed by atoms with Gasteiger partial charge in [-0.3, -0.25) is 9.78 Å². The van der Waals surface area contributed by atoms with E-state index in [9.17, 15) is 4.79 Å². The minimum atomic E-state index is -0.426. The Morgan fingerprint density at radius 3 is 2.96 bits per heavy atom. The van der Waals surface area contributed by atoms with Gasteiger partial charge in [-0.05, 0) is 55.7 Å².